The Bertz CT molecular complexity index is 1070. The molecule has 0 aliphatic carbocycles. The van der Waals surface area contributed by atoms with Crippen LogP contribution in [0.25, 0.3) is 10.9 Å². The van der Waals surface area contributed by atoms with Crippen molar-refractivity contribution in [3.63, 3.8) is 0 Å². The Morgan fingerprint density at radius 3 is 2.83 bits per heavy atom. The van der Waals surface area contributed by atoms with Gasteiger partial charge in [-0.15, -0.1) is 0 Å². The molecule has 1 aliphatic rings. The number of hydrogen-bond acceptors (Lipinski definition) is 3. The van der Waals surface area contributed by atoms with E-state index in [4.69, 9.17) is 17.0 Å². The summed E-state index contributed by atoms with van der Waals surface area (Å²) in [5, 5.41) is 5.02. The number of para-hydroxylation sites is 1. The van der Waals surface area contributed by atoms with E-state index < -0.39 is 0 Å². The summed E-state index contributed by atoms with van der Waals surface area (Å²) in [6, 6.07) is 18.2. The van der Waals surface area contributed by atoms with E-state index in [1.54, 1.807) is 0 Å². The van der Waals surface area contributed by atoms with Crippen molar-refractivity contribution in [2.75, 3.05) is 13.2 Å². The SMILES string of the molecule is Cc1cccc2cc(CN(C[C@H]3CCCO3)C(=S)NCc3ccccc3)c(=O)[nH]c12. The van der Waals surface area contributed by atoms with Crippen LogP contribution in [0.2, 0.25) is 0 Å². The number of aromatic amines is 1. The smallest absolute Gasteiger partial charge is 0.253 e. The zero-order valence-corrected chi connectivity index (χ0v) is 18.0. The standard InChI is InChI=1S/C24H27N3O2S/c1-17-7-5-10-19-13-20(23(28)26-22(17)19)15-27(16-21-11-6-12-29-21)24(30)25-14-18-8-3-2-4-9-18/h2-5,7-10,13,21H,6,11-12,14-16H2,1H3,(H,25,30)(H,26,28)/t21-/m1/s1. The summed E-state index contributed by atoms with van der Waals surface area (Å²) in [5.74, 6) is 0. The Morgan fingerprint density at radius 1 is 1.23 bits per heavy atom. The van der Waals surface area contributed by atoms with Crippen molar-refractivity contribution >= 4 is 28.2 Å². The molecular formula is C24H27N3O2S. The molecule has 1 saturated heterocycles. The van der Waals surface area contributed by atoms with Gasteiger partial charge in [-0.1, -0.05) is 48.5 Å². The number of nitrogens with one attached hydrogen (secondary N) is 2. The quantitative estimate of drug-likeness (QED) is 0.592. The molecule has 0 spiro atoms. The number of aryl methyl sites for hydroxylation is 1. The van der Waals surface area contributed by atoms with Crippen LogP contribution in [0.5, 0.6) is 0 Å². The van der Waals surface area contributed by atoms with Crippen LogP contribution in [0, 0.1) is 6.92 Å². The van der Waals surface area contributed by atoms with Gasteiger partial charge in [-0.05, 0) is 54.6 Å². The second-order valence-corrected chi connectivity index (χ2v) is 8.21. The maximum atomic E-state index is 12.8. The van der Waals surface area contributed by atoms with E-state index >= 15 is 0 Å². The van der Waals surface area contributed by atoms with Crippen LogP contribution in [0.1, 0.15) is 29.5 Å². The molecule has 2 aromatic carbocycles. The van der Waals surface area contributed by atoms with E-state index in [0.29, 0.717) is 30.3 Å². The van der Waals surface area contributed by atoms with Crippen molar-refractivity contribution in [3.8, 4) is 0 Å². The lowest BCUT2D eigenvalue weighted by Crippen LogP contribution is -2.43. The Morgan fingerprint density at radius 2 is 2.07 bits per heavy atom. The number of ether oxygens (including phenoxy) is 1. The Labute approximate surface area is 182 Å². The zero-order chi connectivity index (χ0) is 20.9. The Balaban J connectivity index is 1.54. The van der Waals surface area contributed by atoms with E-state index in [1.807, 2.05) is 49.4 Å². The molecule has 5 nitrogen and oxygen atoms in total. The summed E-state index contributed by atoms with van der Waals surface area (Å²) in [5.41, 5.74) is 3.75. The zero-order valence-electron chi connectivity index (χ0n) is 17.2. The number of fused-ring (bicyclic) bond motifs is 1. The first kappa shape index (κ1) is 20.6. The molecule has 1 aromatic heterocycles. The number of benzene rings is 2. The molecule has 0 bridgehead atoms. The molecule has 6 heteroatoms. The molecule has 2 heterocycles. The summed E-state index contributed by atoms with van der Waals surface area (Å²) in [6.07, 6.45) is 2.23. The summed E-state index contributed by atoms with van der Waals surface area (Å²) in [7, 11) is 0. The Hall–Kier alpha value is -2.70. The van der Waals surface area contributed by atoms with Crippen molar-refractivity contribution in [1.82, 2.24) is 15.2 Å². The average Bonchev–Trinajstić information content (AvgIpc) is 3.27. The third-order valence-electron chi connectivity index (χ3n) is 5.55. The highest BCUT2D eigenvalue weighted by molar-refractivity contribution is 7.80. The van der Waals surface area contributed by atoms with Crippen molar-refractivity contribution in [3.05, 3.63) is 81.6 Å². The van der Waals surface area contributed by atoms with Gasteiger partial charge in [0.25, 0.3) is 5.56 Å². The highest BCUT2D eigenvalue weighted by atomic mass is 32.1. The minimum Gasteiger partial charge on any atom is -0.376 e. The van der Waals surface area contributed by atoms with E-state index in [1.165, 1.54) is 0 Å². The molecule has 2 N–H and O–H groups in total. The predicted octanol–water partition coefficient (Wildman–Crippen LogP) is 3.89. The van der Waals surface area contributed by atoms with Gasteiger partial charge in [0, 0.05) is 25.3 Å². The van der Waals surface area contributed by atoms with Gasteiger partial charge in [0.05, 0.1) is 18.2 Å². The first-order valence-corrected chi connectivity index (χ1v) is 10.8. The largest absolute Gasteiger partial charge is 0.376 e. The first-order valence-electron chi connectivity index (χ1n) is 10.4. The highest BCUT2D eigenvalue weighted by Crippen LogP contribution is 2.18. The maximum absolute atomic E-state index is 12.8. The number of pyridine rings is 1. The first-order chi connectivity index (χ1) is 14.6. The lowest BCUT2D eigenvalue weighted by Gasteiger charge is -2.28. The molecule has 1 aliphatic heterocycles. The lowest BCUT2D eigenvalue weighted by atomic mass is 10.1. The van der Waals surface area contributed by atoms with Gasteiger partial charge in [-0.3, -0.25) is 4.79 Å². The van der Waals surface area contributed by atoms with Crippen LogP contribution in [0.3, 0.4) is 0 Å². The summed E-state index contributed by atoms with van der Waals surface area (Å²) in [4.78, 5) is 17.9. The van der Waals surface area contributed by atoms with Gasteiger partial charge >= 0.3 is 0 Å². The lowest BCUT2D eigenvalue weighted by molar-refractivity contribution is 0.0896. The predicted molar refractivity (Wildman–Crippen MR) is 125 cm³/mol. The van der Waals surface area contributed by atoms with Crippen LogP contribution in [0.15, 0.2) is 59.4 Å². The molecule has 30 heavy (non-hydrogen) atoms. The van der Waals surface area contributed by atoms with Crippen molar-refractivity contribution in [2.24, 2.45) is 0 Å². The molecule has 0 saturated carbocycles. The number of rotatable bonds is 6. The topological polar surface area (TPSA) is 57.4 Å². The van der Waals surface area contributed by atoms with Crippen molar-refractivity contribution < 1.29 is 4.74 Å². The van der Waals surface area contributed by atoms with Crippen molar-refractivity contribution in [1.29, 1.82) is 0 Å². The van der Waals surface area contributed by atoms with Crippen LogP contribution in [-0.4, -0.2) is 34.3 Å². The number of aromatic nitrogens is 1. The molecular weight excluding hydrogens is 394 g/mol. The fourth-order valence-corrected chi connectivity index (χ4v) is 4.10. The monoisotopic (exact) mass is 421 g/mol. The second kappa shape index (κ2) is 9.41. The van der Waals surface area contributed by atoms with Crippen LogP contribution < -0.4 is 10.9 Å². The van der Waals surface area contributed by atoms with Crippen molar-refractivity contribution in [2.45, 2.75) is 39.0 Å². The van der Waals surface area contributed by atoms with Gasteiger partial charge in [0.2, 0.25) is 0 Å². The van der Waals surface area contributed by atoms with Gasteiger partial charge < -0.3 is 19.9 Å². The third-order valence-corrected chi connectivity index (χ3v) is 5.95. The minimum atomic E-state index is -0.0694. The Kier molecular flexibility index (Phi) is 6.45. The maximum Gasteiger partial charge on any atom is 0.253 e. The van der Waals surface area contributed by atoms with Crippen LogP contribution >= 0.6 is 12.2 Å². The number of thiocarbonyl (C=S) groups is 1. The second-order valence-electron chi connectivity index (χ2n) is 7.82. The molecule has 1 fully saturated rings. The molecule has 1 atom stereocenters. The summed E-state index contributed by atoms with van der Waals surface area (Å²) in [6.45, 7) is 4.56. The summed E-state index contributed by atoms with van der Waals surface area (Å²) < 4.78 is 5.84. The fourth-order valence-electron chi connectivity index (χ4n) is 3.89. The number of H-pyrrole nitrogens is 1. The number of nitrogens with zero attached hydrogens (tertiary/aromatic N) is 1. The average molecular weight is 422 g/mol. The van der Waals surface area contributed by atoms with E-state index in [0.717, 1.165) is 41.5 Å². The van der Waals surface area contributed by atoms with Crippen LogP contribution in [0.4, 0.5) is 0 Å². The number of hydrogen-bond donors (Lipinski definition) is 2. The van der Waals surface area contributed by atoms with Gasteiger partial charge in [0.15, 0.2) is 5.11 Å². The molecule has 0 unspecified atom stereocenters. The molecule has 4 rings (SSSR count). The normalized spacial score (nSPS) is 16.0. The minimum absolute atomic E-state index is 0.0694. The third kappa shape index (κ3) is 4.89. The van der Waals surface area contributed by atoms with Gasteiger partial charge in [-0.2, -0.15) is 0 Å². The summed E-state index contributed by atoms with van der Waals surface area (Å²) >= 11 is 5.72. The van der Waals surface area contributed by atoms with E-state index in [-0.39, 0.29) is 11.7 Å². The highest BCUT2D eigenvalue weighted by Gasteiger charge is 2.22. The molecule has 3 aromatic rings. The van der Waals surface area contributed by atoms with Crippen LogP contribution in [-0.2, 0) is 17.8 Å². The van der Waals surface area contributed by atoms with Gasteiger partial charge in [-0.25, -0.2) is 0 Å². The molecule has 156 valence electrons. The van der Waals surface area contributed by atoms with Gasteiger partial charge in [0.1, 0.15) is 0 Å². The van der Waals surface area contributed by atoms with E-state index in [9.17, 15) is 4.79 Å². The molecule has 0 radical (unpaired) electrons. The van der Waals surface area contributed by atoms with E-state index in [2.05, 4.69) is 27.3 Å². The fraction of sp³-hybridized carbons (Fsp3) is 0.333. The molecule has 0 amide bonds.